The molecule has 0 bridgehead atoms. The smallest absolute Gasteiger partial charge is 0.326 e. The summed E-state index contributed by atoms with van der Waals surface area (Å²) < 4.78 is 0. The van der Waals surface area contributed by atoms with Crippen LogP contribution in [0.15, 0.2) is 30.3 Å². The average molecular weight is 505 g/mol. The number of hydrogen-bond donors (Lipinski definition) is 5. The third kappa shape index (κ3) is 9.97. The number of amides is 3. The van der Waals surface area contributed by atoms with Gasteiger partial charge in [-0.05, 0) is 29.7 Å². The van der Waals surface area contributed by atoms with Gasteiger partial charge in [0.2, 0.25) is 17.7 Å². The van der Waals surface area contributed by atoms with Gasteiger partial charge in [0, 0.05) is 6.42 Å². The van der Waals surface area contributed by atoms with Crippen LogP contribution in [0, 0.1) is 17.8 Å². The molecule has 0 spiro atoms. The van der Waals surface area contributed by atoms with E-state index in [-0.39, 0.29) is 24.2 Å². The van der Waals surface area contributed by atoms with Gasteiger partial charge in [-0.3, -0.25) is 14.4 Å². The van der Waals surface area contributed by atoms with Crippen molar-refractivity contribution < 1.29 is 24.3 Å². The quantitative estimate of drug-likeness (QED) is 0.247. The lowest BCUT2D eigenvalue weighted by Crippen LogP contribution is -2.59. The first-order chi connectivity index (χ1) is 16.9. The second kappa shape index (κ2) is 15.2. The van der Waals surface area contributed by atoms with E-state index in [0.717, 1.165) is 5.56 Å². The predicted molar refractivity (Wildman–Crippen MR) is 140 cm³/mol. The van der Waals surface area contributed by atoms with Crippen LogP contribution in [-0.2, 0) is 25.6 Å². The monoisotopic (exact) mass is 504 g/mol. The van der Waals surface area contributed by atoms with Crippen LogP contribution in [0.5, 0.6) is 0 Å². The fourth-order valence-corrected chi connectivity index (χ4v) is 3.83. The second-order valence-electron chi connectivity index (χ2n) is 10.1. The van der Waals surface area contributed by atoms with Crippen LogP contribution >= 0.6 is 0 Å². The van der Waals surface area contributed by atoms with Gasteiger partial charge in [0.15, 0.2) is 0 Å². The van der Waals surface area contributed by atoms with Gasteiger partial charge < -0.3 is 26.8 Å². The standard InChI is InChI=1S/C27H44N4O5/c1-7-17(5)22(30-24(32)20(28)14-16(3)4)26(34)29-21(15-19-12-10-9-11-13-19)25(33)31-23(27(35)36)18(6)8-2/h9-13,16-18,20-23H,7-8,14-15,28H2,1-6H3,(H,29,34)(H,30,32)(H,31,33)(H,35,36). The largest absolute Gasteiger partial charge is 0.480 e. The molecule has 1 rings (SSSR count). The summed E-state index contributed by atoms with van der Waals surface area (Å²) in [4.78, 5) is 51.1. The average Bonchev–Trinajstić information content (AvgIpc) is 2.83. The van der Waals surface area contributed by atoms with Crippen molar-refractivity contribution in [3.8, 4) is 0 Å². The number of carbonyl (C=O) groups is 4. The lowest BCUT2D eigenvalue weighted by Gasteiger charge is -2.29. The van der Waals surface area contributed by atoms with Gasteiger partial charge in [0.1, 0.15) is 18.1 Å². The molecule has 0 radical (unpaired) electrons. The highest BCUT2D eigenvalue weighted by Crippen LogP contribution is 2.13. The Balaban J connectivity index is 3.16. The predicted octanol–water partition coefficient (Wildman–Crippen LogP) is 2.23. The third-order valence-corrected chi connectivity index (χ3v) is 6.55. The van der Waals surface area contributed by atoms with Crippen LogP contribution < -0.4 is 21.7 Å². The van der Waals surface area contributed by atoms with E-state index in [2.05, 4.69) is 16.0 Å². The second-order valence-corrected chi connectivity index (χ2v) is 10.1. The molecular weight excluding hydrogens is 460 g/mol. The van der Waals surface area contributed by atoms with E-state index in [1.54, 1.807) is 6.92 Å². The van der Waals surface area contributed by atoms with Crippen molar-refractivity contribution in [1.29, 1.82) is 0 Å². The normalized spacial score (nSPS) is 16.2. The summed E-state index contributed by atoms with van der Waals surface area (Å²) >= 11 is 0. The zero-order chi connectivity index (χ0) is 27.4. The molecule has 3 amide bonds. The molecule has 0 saturated carbocycles. The van der Waals surface area contributed by atoms with E-state index in [4.69, 9.17) is 5.73 Å². The maximum Gasteiger partial charge on any atom is 0.326 e. The highest BCUT2D eigenvalue weighted by molar-refractivity contribution is 5.94. The first kappa shape index (κ1) is 31.1. The maximum atomic E-state index is 13.4. The number of aliphatic carboxylic acids is 1. The molecule has 0 heterocycles. The molecule has 0 aliphatic heterocycles. The third-order valence-electron chi connectivity index (χ3n) is 6.55. The molecule has 6 unspecified atom stereocenters. The highest BCUT2D eigenvalue weighted by atomic mass is 16.4. The van der Waals surface area contributed by atoms with Gasteiger partial charge in [-0.15, -0.1) is 0 Å². The number of nitrogens with two attached hydrogens (primary N) is 1. The molecule has 6 N–H and O–H groups in total. The van der Waals surface area contributed by atoms with Crippen molar-refractivity contribution in [3.63, 3.8) is 0 Å². The van der Waals surface area contributed by atoms with E-state index < -0.39 is 47.9 Å². The van der Waals surface area contributed by atoms with Crippen molar-refractivity contribution in [3.05, 3.63) is 35.9 Å². The Morgan fingerprint density at radius 1 is 0.806 bits per heavy atom. The summed E-state index contributed by atoms with van der Waals surface area (Å²) in [5, 5.41) is 17.7. The van der Waals surface area contributed by atoms with Crippen molar-refractivity contribution in [2.45, 2.75) is 91.4 Å². The summed E-state index contributed by atoms with van der Waals surface area (Å²) in [6.07, 6.45) is 1.82. The Hall–Kier alpha value is -2.94. The molecule has 9 heteroatoms. The van der Waals surface area contributed by atoms with E-state index >= 15 is 0 Å². The molecule has 6 atom stereocenters. The topological polar surface area (TPSA) is 151 Å². The van der Waals surface area contributed by atoms with E-state index in [1.165, 1.54) is 0 Å². The Morgan fingerprint density at radius 2 is 1.33 bits per heavy atom. The fraction of sp³-hybridized carbons (Fsp3) is 0.630. The minimum absolute atomic E-state index is 0.166. The SMILES string of the molecule is CCC(C)C(NC(=O)C(Cc1ccccc1)NC(=O)C(NC(=O)C(N)CC(C)C)C(C)CC)C(=O)O. The molecule has 0 aliphatic carbocycles. The first-order valence-electron chi connectivity index (χ1n) is 12.8. The highest BCUT2D eigenvalue weighted by Gasteiger charge is 2.33. The Morgan fingerprint density at radius 3 is 1.83 bits per heavy atom. The lowest BCUT2D eigenvalue weighted by atomic mass is 9.95. The molecule has 1 aromatic rings. The first-order valence-corrected chi connectivity index (χ1v) is 12.8. The molecule has 0 aromatic heterocycles. The number of carboxylic acid groups (broad SMARTS) is 1. The molecule has 202 valence electrons. The Kier molecular flexibility index (Phi) is 13.2. The van der Waals surface area contributed by atoms with Crippen molar-refractivity contribution >= 4 is 23.7 Å². The van der Waals surface area contributed by atoms with Crippen molar-refractivity contribution in [1.82, 2.24) is 16.0 Å². The molecule has 0 saturated heterocycles. The number of nitrogens with one attached hydrogen (secondary N) is 3. The maximum absolute atomic E-state index is 13.4. The van der Waals surface area contributed by atoms with Crippen LogP contribution in [0.4, 0.5) is 0 Å². The van der Waals surface area contributed by atoms with E-state index in [9.17, 15) is 24.3 Å². The minimum atomic E-state index is -1.13. The van der Waals surface area contributed by atoms with Gasteiger partial charge >= 0.3 is 5.97 Å². The number of carboxylic acids is 1. The van der Waals surface area contributed by atoms with Crippen molar-refractivity contribution in [2.75, 3.05) is 0 Å². The Labute approximate surface area is 215 Å². The van der Waals surface area contributed by atoms with E-state index in [1.807, 2.05) is 65.0 Å². The summed E-state index contributed by atoms with van der Waals surface area (Å²) in [5.41, 5.74) is 6.82. The van der Waals surface area contributed by atoms with Crippen molar-refractivity contribution in [2.24, 2.45) is 23.5 Å². The zero-order valence-electron chi connectivity index (χ0n) is 22.4. The fourth-order valence-electron chi connectivity index (χ4n) is 3.83. The molecule has 1 aromatic carbocycles. The molecular formula is C27H44N4O5. The molecule has 36 heavy (non-hydrogen) atoms. The lowest BCUT2D eigenvalue weighted by molar-refractivity contribution is -0.143. The number of benzene rings is 1. The number of hydrogen-bond acceptors (Lipinski definition) is 5. The molecule has 0 fully saturated rings. The molecule has 9 nitrogen and oxygen atoms in total. The minimum Gasteiger partial charge on any atom is -0.480 e. The number of rotatable bonds is 15. The van der Waals surface area contributed by atoms with Crippen LogP contribution in [0.1, 0.15) is 66.4 Å². The van der Waals surface area contributed by atoms with E-state index in [0.29, 0.717) is 19.3 Å². The Bertz CT molecular complexity index is 861. The van der Waals surface area contributed by atoms with Crippen LogP contribution in [0.25, 0.3) is 0 Å². The van der Waals surface area contributed by atoms with Gasteiger partial charge in [0.05, 0.1) is 6.04 Å². The van der Waals surface area contributed by atoms with Gasteiger partial charge in [-0.1, -0.05) is 84.7 Å². The van der Waals surface area contributed by atoms with Gasteiger partial charge in [0.25, 0.3) is 0 Å². The van der Waals surface area contributed by atoms with Crippen LogP contribution in [-0.4, -0.2) is 53.0 Å². The van der Waals surface area contributed by atoms with Crippen LogP contribution in [0.2, 0.25) is 0 Å². The van der Waals surface area contributed by atoms with Gasteiger partial charge in [-0.25, -0.2) is 4.79 Å². The summed E-state index contributed by atoms with van der Waals surface area (Å²) in [5.74, 6) is -2.95. The summed E-state index contributed by atoms with van der Waals surface area (Å²) in [6.45, 7) is 11.3. The molecule has 0 aliphatic rings. The number of carbonyl (C=O) groups excluding carboxylic acids is 3. The zero-order valence-corrected chi connectivity index (χ0v) is 22.4. The van der Waals surface area contributed by atoms with Crippen LogP contribution in [0.3, 0.4) is 0 Å². The summed E-state index contributed by atoms with van der Waals surface area (Å²) in [6, 6.07) is 5.39. The van der Waals surface area contributed by atoms with Gasteiger partial charge in [-0.2, -0.15) is 0 Å². The summed E-state index contributed by atoms with van der Waals surface area (Å²) in [7, 11) is 0.